The lowest BCUT2D eigenvalue weighted by Crippen LogP contribution is -2.45. The highest BCUT2D eigenvalue weighted by atomic mass is 31.2. The molecule has 0 aliphatic carbocycles. The van der Waals surface area contributed by atoms with E-state index in [1.165, 1.54) is 257 Å². The minimum Gasteiger partial charge on any atom is -0.756 e. The van der Waals surface area contributed by atoms with E-state index in [9.17, 15) is 19.4 Å². The van der Waals surface area contributed by atoms with Crippen LogP contribution in [-0.2, 0) is 18.4 Å². The number of aliphatic hydroxyl groups is 1. The van der Waals surface area contributed by atoms with Crippen LogP contribution in [0.4, 0.5) is 0 Å². The molecule has 89 heavy (non-hydrogen) atoms. The van der Waals surface area contributed by atoms with E-state index in [1.54, 1.807) is 6.08 Å². The predicted octanol–water partition coefficient (Wildman–Crippen LogP) is 24.2. The summed E-state index contributed by atoms with van der Waals surface area (Å²) in [4.78, 5) is 25.7. The van der Waals surface area contributed by atoms with Gasteiger partial charge in [-0.25, -0.2) is 0 Å². The van der Waals surface area contributed by atoms with E-state index in [0.717, 1.165) is 77.0 Å². The van der Waals surface area contributed by atoms with E-state index in [4.69, 9.17) is 9.05 Å². The quantitative estimate of drug-likeness (QED) is 0.0272. The van der Waals surface area contributed by atoms with Crippen LogP contribution in [0.2, 0.25) is 0 Å². The Morgan fingerprint density at radius 2 is 0.697 bits per heavy atom. The third-order valence-electron chi connectivity index (χ3n) is 17.0. The molecule has 0 rings (SSSR count). The Kier molecular flexibility index (Phi) is 67.7. The zero-order valence-corrected chi connectivity index (χ0v) is 60.3. The first kappa shape index (κ1) is 86.4. The first-order valence-electron chi connectivity index (χ1n) is 38.1. The van der Waals surface area contributed by atoms with Crippen LogP contribution in [0.15, 0.2) is 97.2 Å². The molecule has 0 fully saturated rings. The smallest absolute Gasteiger partial charge is 0.268 e. The number of nitrogens with zero attached hydrogens (tertiary/aromatic N) is 1. The molecule has 0 aromatic heterocycles. The van der Waals surface area contributed by atoms with Crippen LogP contribution in [0.1, 0.15) is 354 Å². The van der Waals surface area contributed by atoms with Gasteiger partial charge in [0, 0.05) is 6.42 Å². The third-order valence-corrected chi connectivity index (χ3v) is 18.0. The van der Waals surface area contributed by atoms with Gasteiger partial charge in [-0.05, 0) is 83.5 Å². The molecule has 0 bridgehead atoms. The normalized spacial score (nSPS) is 14.1. The summed E-state index contributed by atoms with van der Waals surface area (Å²) in [5.41, 5.74) is 0. The number of allylic oxidation sites excluding steroid dienone is 15. The molecular weight excluding hydrogens is 1120 g/mol. The maximum Gasteiger partial charge on any atom is 0.268 e. The highest BCUT2D eigenvalue weighted by Gasteiger charge is 2.23. The Morgan fingerprint density at radius 3 is 1.04 bits per heavy atom. The van der Waals surface area contributed by atoms with Crippen molar-refractivity contribution in [3.8, 4) is 0 Å². The Morgan fingerprint density at radius 1 is 0.404 bits per heavy atom. The fourth-order valence-corrected chi connectivity index (χ4v) is 11.9. The number of rotatable bonds is 70. The fourth-order valence-electron chi connectivity index (χ4n) is 11.2. The second kappa shape index (κ2) is 69.8. The third kappa shape index (κ3) is 72.7. The monoisotopic (exact) mass is 1260 g/mol. The van der Waals surface area contributed by atoms with Crippen molar-refractivity contribution in [3.63, 3.8) is 0 Å². The summed E-state index contributed by atoms with van der Waals surface area (Å²) >= 11 is 0. The maximum atomic E-state index is 13.1. The molecule has 0 aromatic carbocycles. The van der Waals surface area contributed by atoms with Crippen molar-refractivity contribution < 1.29 is 32.9 Å². The summed E-state index contributed by atoms with van der Waals surface area (Å²) in [6, 6.07) is -0.908. The molecule has 0 heterocycles. The molecule has 0 aliphatic heterocycles. The number of hydrogen-bond donors (Lipinski definition) is 2. The lowest BCUT2D eigenvalue weighted by Gasteiger charge is -2.29. The Labute approximate surface area is 553 Å². The Hall–Kier alpha value is -2.58. The van der Waals surface area contributed by atoms with Crippen molar-refractivity contribution in [2.24, 2.45) is 0 Å². The van der Waals surface area contributed by atoms with Gasteiger partial charge in [-0.3, -0.25) is 9.36 Å². The topological polar surface area (TPSA) is 108 Å². The molecule has 0 radical (unpaired) electrons. The molecular formula is C80H147N2O6P. The second-order valence-electron chi connectivity index (χ2n) is 27.0. The minimum atomic E-state index is -4.62. The van der Waals surface area contributed by atoms with E-state index in [0.29, 0.717) is 17.4 Å². The van der Waals surface area contributed by atoms with Crippen LogP contribution in [0.5, 0.6) is 0 Å². The molecule has 8 nitrogen and oxygen atoms in total. The fraction of sp³-hybridized carbons (Fsp3) is 0.787. The summed E-state index contributed by atoms with van der Waals surface area (Å²) in [5.74, 6) is -0.203. The summed E-state index contributed by atoms with van der Waals surface area (Å²) in [6.07, 6.45) is 101. The number of hydrogen-bond acceptors (Lipinski definition) is 6. The van der Waals surface area contributed by atoms with Crippen LogP contribution >= 0.6 is 7.82 Å². The molecule has 1 amide bonds. The molecule has 0 spiro atoms. The van der Waals surface area contributed by atoms with Crippen LogP contribution in [0, 0.1) is 0 Å². The number of carbonyl (C=O) groups excluding carboxylic acids is 1. The maximum absolute atomic E-state index is 13.1. The standard InChI is InChI=1S/C80H147N2O6P/c1-6-8-10-12-14-16-18-20-22-24-26-28-30-32-34-36-37-38-39-40-41-42-43-44-45-46-48-50-52-54-56-58-60-62-64-66-68-70-72-74-80(84)81-78(77-88-89(85,86)87-76-75-82(3,4)5)79(83)73-71-69-67-65-63-61-59-57-55-53-51-49-47-35-33-31-29-27-25-23-21-19-17-15-13-11-9-7-2/h8,10,14,16,20,22,26,28,32,34,37-38,63,65,71,73,78-79,83H,6-7,9,11-13,15,17-19,21,23-25,27,29-31,33,35-36,39-62,64,66-70,72,74-77H2,1-5H3,(H-,81,84,85,86)/b10-8-,16-14-,22-20-,28-26-,34-32-,38-37-,65-63+,73-71+. The van der Waals surface area contributed by atoms with Crippen molar-refractivity contribution in [3.05, 3.63) is 97.2 Å². The van der Waals surface area contributed by atoms with E-state index in [1.807, 2.05) is 27.2 Å². The summed E-state index contributed by atoms with van der Waals surface area (Å²) in [7, 11) is 1.25. The van der Waals surface area contributed by atoms with Crippen LogP contribution in [-0.4, -0.2) is 68.5 Å². The zero-order valence-electron chi connectivity index (χ0n) is 59.4. The lowest BCUT2D eigenvalue weighted by atomic mass is 10.0. The number of unbranched alkanes of at least 4 members (excludes halogenated alkanes) is 43. The van der Waals surface area contributed by atoms with Crippen LogP contribution in [0.3, 0.4) is 0 Å². The van der Waals surface area contributed by atoms with Crippen LogP contribution in [0.25, 0.3) is 0 Å². The number of carbonyl (C=O) groups is 1. The van der Waals surface area contributed by atoms with Crippen molar-refractivity contribution >= 4 is 13.7 Å². The average Bonchev–Trinajstić information content (AvgIpc) is 3.55. The average molecular weight is 1260 g/mol. The Bertz CT molecular complexity index is 1780. The molecule has 518 valence electrons. The van der Waals surface area contributed by atoms with E-state index >= 15 is 0 Å². The number of likely N-dealkylation sites (N-methyl/N-ethyl adjacent to an activating group) is 1. The van der Waals surface area contributed by atoms with Crippen molar-refractivity contribution in [1.29, 1.82) is 0 Å². The van der Waals surface area contributed by atoms with Gasteiger partial charge < -0.3 is 28.8 Å². The van der Waals surface area contributed by atoms with Gasteiger partial charge >= 0.3 is 0 Å². The number of nitrogens with one attached hydrogen (secondary N) is 1. The number of amides is 1. The number of aliphatic hydroxyl groups excluding tert-OH is 1. The SMILES string of the molecule is CC/C=C\C/C=C\C/C=C\C/C=C\C/C=C\C/C=C\CCCCCCCCCCCCCCCCCCCCCCC(=O)NC(COP(=O)([O-])OCC[N+](C)(C)C)C(O)/C=C/CC/C=C/CCCCCCCCCCCCCCCCCCCCCCCC. The highest BCUT2D eigenvalue weighted by Crippen LogP contribution is 2.38. The minimum absolute atomic E-state index is 0.00744. The van der Waals surface area contributed by atoms with Crippen molar-refractivity contribution in [2.75, 3.05) is 40.9 Å². The molecule has 9 heteroatoms. The predicted molar refractivity (Wildman–Crippen MR) is 390 cm³/mol. The van der Waals surface area contributed by atoms with Gasteiger partial charge in [0.1, 0.15) is 13.2 Å². The van der Waals surface area contributed by atoms with E-state index in [2.05, 4.69) is 104 Å². The molecule has 0 aromatic rings. The summed E-state index contributed by atoms with van der Waals surface area (Å²) < 4.78 is 23.5. The first-order chi connectivity index (χ1) is 43.5. The number of phosphoric ester groups is 1. The van der Waals surface area contributed by atoms with E-state index in [-0.39, 0.29) is 12.5 Å². The first-order valence-corrected chi connectivity index (χ1v) is 39.6. The largest absolute Gasteiger partial charge is 0.756 e. The van der Waals surface area contributed by atoms with Gasteiger partial charge in [-0.1, -0.05) is 361 Å². The van der Waals surface area contributed by atoms with Gasteiger partial charge in [0.25, 0.3) is 7.82 Å². The highest BCUT2D eigenvalue weighted by molar-refractivity contribution is 7.45. The van der Waals surface area contributed by atoms with Gasteiger partial charge in [0.05, 0.1) is 39.9 Å². The lowest BCUT2D eigenvalue weighted by molar-refractivity contribution is -0.870. The van der Waals surface area contributed by atoms with Gasteiger partial charge in [-0.2, -0.15) is 0 Å². The Balaban J connectivity index is 4.02. The molecule has 0 saturated heterocycles. The zero-order chi connectivity index (χ0) is 64.8. The molecule has 3 atom stereocenters. The molecule has 3 unspecified atom stereocenters. The van der Waals surface area contributed by atoms with Gasteiger partial charge in [0.15, 0.2) is 0 Å². The molecule has 0 saturated carbocycles. The van der Waals surface area contributed by atoms with E-state index < -0.39 is 26.6 Å². The number of quaternary nitrogens is 1. The second-order valence-corrected chi connectivity index (χ2v) is 28.4. The van der Waals surface area contributed by atoms with Crippen molar-refractivity contribution in [2.45, 2.75) is 366 Å². The summed E-state index contributed by atoms with van der Waals surface area (Å²) in [6.45, 7) is 4.56. The number of phosphoric acid groups is 1. The van der Waals surface area contributed by atoms with Crippen molar-refractivity contribution in [1.82, 2.24) is 5.32 Å². The molecule has 0 aliphatic rings. The van der Waals surface area contributed by atoms with Gasteiger partial charge in [0.2, 0.25) is 5.91 Å². The summed E-state index contributed by atoms with van der Waals surface area (Å²) in [5, 5.41) is 14.0. The molecule has 2 N–H and O–H groups in total. The van der Waals surface area contributed by atoms with Gasteiger partial charge in [-0.15, -0.1) is 0 Å². The van der Waals surface area contributed by atoms with Crippen LogP contribution < -0.4 is 10.2 Å².